The Balaban J connectivity index is 0.00000280. The summed E-state index contributed by atoms with van der Waals surface area (Å²) in [7, 11) is 1.78. The smallest absolute Gasteiger partial charge is 0.218 e. The third kappa shape index (κ3) is 6.58. The maximum atomic E-state index is 6.11. The zero-order chi connectivity index (χ0) is 19.1. The van der Waals surface area contributed by atoms with Crippen LogP contribution in [0, 0.1) is 13.8 Å². The van der Waals surface area contributed by atoms with E-state index in [1.54, 1.807) is 24.6 Å². The maximum Gasteiger partial charge on any atom is 0.218 e. The molecule has 2 aromatic rings. The van der Waals surface area contributed by atoms with Gasteiger partial charge in [0.1, 0.15) is 6.10 Å². The molecule has 0 bridgehead atoms. The lowest BCUT2D eigenvalue weighted by Gasteiger charge is -2.16. The van der Waals surface area contributed by atoms with Gasteiger partial charge in [-0.25, -0.2) is 9.97 Å². The predicted molar refractivity (Wildman–Crippen MR) is 126 cm³/mol. The molecule has 1 aliphatic carbocycles. The Labute approximate surface area is 188 Å². The summed E-state index contributed by atoms with van der Waals surface area (Å²) >= 11 is 1.76. The Morgan fingerprint density at radius 3 is 2.75 bits per heavy atom. The van der Waals surface area contributed by atoms with Crippen molar-refractivity contribution in [3.63, 3.8) is 0 Å². The molecule has 2 aromatic heterocycles. The first-order valence-electron chi connectivity index (χ1n) is 9.63. The molecule has 0 aliphatic heterocycles. The molecule has 1 aliphatic rings. The van der Waals surface area contributed by atoms with E-state index in [1.165, 1.54) is 17.7 Å². The molecule has 3 rings (SSSR count). The third-order valence-electron chi connectivity index (χ3n) is 4.80. The summed E-state index contributed by atoms with van der Waals surface area (Å²) in [5, 5.41) is 7.87. The van der Waals surface area contributed by atoms with Gasteiger partial charge in [0.2, 0.25) is 5.88 Å². The summed E-state index contributed by atoms with van der Waals surface area (Å²) in [5.41, 5.74) is 2.18. The minimum absolute atomic E-state index is 0. The van der Waals surface area contributed by atoms with Gasteiger partial charge >= 0.3 is 0 Å². The molecule has 0 saturated heterocycles. The molecule has 28 heavy (non-hydrogen) atoms. The number of rotatable bonds is 7. The lowest BCUT2D eigenvalue weighted by molar-refractivity contribution is 0.199. The summed E-state index contributed by atoms with van der Waals surface area (Å²) in [6, 6.07) is 4.00. The van der Waals surface area contributed by atoms with E-state index < -0.39 is 0 Å². The Hall–Kier alpha value is -1.42. The van der Waals surface area contributed by atoms with Crippen LogP contribution in [-0.2, 0) is 13.0 Å². The van der Waals surface area contributed by atoms with Crippen LogP contribution in [0.5, 0.6) is 5.88 Å². The number of nitrogens with one attached hydrogen (secondary N) is 2. The standard InChI is InChI=1S/C20H29N5OS.HI/c1-14-15(2)27-18(25-14)10-12-23-20(21-3)24-13-16-7-6-11-22-19(16)26-17-8-4-5-9-17;/h6-7,11,17H,4-5,8-10,12-13H2,1-3H3,(H2,21,23,24);1H. The van der Waals surface area contributed by atoms with E-state index in [9.17, 15) is 0 Å². The molecular weight excluding hydrogens is 485 g/mol. The van der Waals surface area contributed by atoms with Crippen LogP contribution in [0.1, 0.15) is 46.8 Å². The van der Waals surface area contributed by atoms with Gasteiger partial charge in [0.25, 0.3) is 0 Å². The average molecular weight is 515 g/mol. The highest BCUT2D eigenvalue weighted by Crippen LogP contribution is 2.24. The molecule has 1 saturated carbocycles. The van der Waals surface area contributed by atoms with Gasteiger partial charge in [-0.3, -0.25) is 4.99 Å². The van der Waals surface area contributed by atoms with Crippen molar-refractivity contribution in [3.8, 4) is 5.88 Å². The van der Waals surface area contributed by atoms with Gasteiger partial charge < -0.3 is 15.4 Å². The Bertz CT molecular complexity index is 754. The average Bonchev–Trinajstić information content (AvgIpc) is 3.29. The van der Waals surface area contributed by atoms with Crippen molar-refractivity contribution >= 4 is 41.3 Å². The molecule has 0 aromatic carbocycles. The van der Waals surface area contributed by atoms with Crippen LogP contribution < -0.4 is 15.4 Å². The predicted octanol–water partition coefficient (Wildman–Crippen LogP) is 4.00. The van der Waals surface area contributed by atoms with E-state index in [1.807, 2.05) is 6.07 Å². The van der Waals surface area contributed by atoms with Crippen molar-refractivity contribution < 1.29 is 4.74 Å². The molecule has 0 spiro atoms. The van der Waals surface area contributed by atoms with E-state index in [4.69, 9.17) is 4.74 Å². The molecule has 0 unspecified atom stereocenters. The van der Waals surface area contributed by atoms with Crippen molar-refractivity contribution in [1.29, 1.82) is 0 Å². The summed E-state index contributed by atoms with van der Waals surface area (Å²) in [5.74, 6) is 1.51. The van der Waals surface area contributed by atoms with Gasteiger partial charge in [-0.05, 0) is 45.6 Å². The van der Waals surface area contributed by atoms with E-state index in [0.717, 1.165) is 53.9 Å². The monoisotopic (exact) mass is 515 g/mol. The van der Waals surface area contributed by atoms with Crippen LogP contribution in [0.4, 0.5) is 0 Å². The van der Waals surface area contributed by atoms with E-state index in [2.05, 4.69) is 45.5 Å². The van der Waals surface area contributed by atoms with Crippen molar-refractivity contribution in [2.75, 3.05) is 13.6 Å². The summed E-state index contributed by atoms with van der Waals surface area (Å²) in [4.78, 5) is 14.6. The number of ether oxygens (including phenoxy) is 1. The molecule has 0 amide bonds. The Kier molecular flexibility index (Phi) is 9.43. The Morgan fingerprint density at radius 2 is 2.07 bits per heavy atom. The molecule has 1 fully saturated rings. The normalized spacial score (nSPS) is 14.6. The molecule has 2 heterocycles. The van der Waals surface area contributed by atoms with Crippen LogP contribution >= 0.6 is 35.3 Å². The number of halogens is 1. The number of aryl methyl sites for hydroxylation is 2. The lowest BCUT2D eigenvalue weighted by Crippen LogP contribution is -2.38. The van der Waals surface area contributed by atoms with E-state index in [0.29, 0.717) is 12.6 Å². The number of nitrogens with zero attached hydrogens (tertiary/aromatic N) is 3. The van der Waals surface area contributed by atoms with Gasteiger partial charge in [-0.15, -0.1) is 35.3 Å². The number of hydrogen-bond acceptors (Lipinski definition) is 5. The first-order valence-corrected chi connectivity index (χ1v) is 10.5. The first kappa shape index (κ1) is 22.9. The van der Waals surface area contributed by atoms with Gasteiger partial charge in [0.15, 0.2) is 5.96 Å². The van der Waals surface area contributed by atoms with Crippen LogP contribution in [0.3, 0.4) is 0 Å². The minimum atomic E-state index is 0. The highest BCUT2D eigenvalue weighted by Gasteiger charge is 2.18. The third-order valence-corrected chi connectivity index (χ3v) is 5.94. The number of guanidine groups is 1. The summed E-state index contributed by atoms with van der Waals surface area (Å²) in [6.45, 7) is 5.60. The SMILES string of the molecule is CN=C(NCCc1nc(C)c(C)s1)NCc1cccnc1OC1CCCC1.I. The number of hydrogen-bond donors (Lipinski definition) is 2. The lowest BCUT2D eigenvalue weighted by atomic mass is 10.2. The van der Waals surface area contributed by atoms with Crippen molar-refractivity contribution in [2.24, 2.45) is 4.99 Å². The van der Waals surface area contributed by atoms with Crippen LogP contribution in [0.15, 0.2) is 23.3 Å². The number of aliphatic imine (C=N–C) groups is 1. The van der Waals surface area contributed by atoms with Crippen LogP contribution in [0.25, 0.3) is 0 Å². The highest BCUT2D eigenvalue weighted by atomic mass is 127. The van der Waals surface area contributed by atoms with Crippen LogP contribution in [-0.4, -0.2) is 35.6 Å². The topological polar surface area (TPSA) is 71.4 Å². The zero-order valence-corrected chi connectivity index (χ0v) is 20.0. The molecule has 2 N–H and O–H groups in total. The fourth-order valence-corrected chi connectivity index (χ4v) is 4.10. The summed E-state index contributed by atoms with van der Waals surface area (Å²) < 4.78 is 6.11. The van der Waals surface area contributed by atoms with E-state index in [-0.39, 0.29) is 24.0 Å². The summed E-state index contributed by atoms with van der Waals surface area (Å²) in [6.07, 6.45) is 7.74. The Morgan fingerprint density at radius 1 is 1.29 bits per heavy atom. The molecule has 0 radical (unpaired) electrons. The molecule has 154 valence electrons. The second kappa shape index (κ2) is 11.5. The van der Waals surface area contributed by atoms with Gasteiger partial charge in [-0.1, -0.05) is 6.07 Å². The molecule has 8 heteroatoms. The molecule has 6 nitrogen and oxygen atoms in total. The van der Waals surface area contributed by atoms with Crippen molar-refractivity contribution in [1.82, 2.24) is 20.6 Å². The molecule has 0 atom stereocenters. The fraction of sp³-hybridized carbons (Fsp3) is 0.550. The molecular formula is C20H30IN5OS. The van der Waals surface area contributed by atoms with Gasteiger partial charge in [0.05, 0.1) is 10.7 Å². The second-order valence-electron chi connectivity index (χ2n) is 6.84. The first-order chi connectivity index (χ1) is 13.2. The minimum Gasteiger partial charge on any atom is -0.474 e. The largest absolute Gasteiger partial charge is 0.474 e. The number of pyridine rings is 1. The number of thiazole rings is 1. The zero-order valence-electron chi connectivity index (χ0n) is 16.8. The van der Waals surface area contributed by atoms with Gasteiger partial charge in [-0.2, -0.15) is 0 Å². The fourth-order valence-electron chi connectivity index (χ4n) is 3.16. The van der Waals surface area contributed by atoms with Crippen molar-refractivity contribution in [3.05, 3.63) is 39.5 Å². The van der Waals surface area contributed by atoms with E-state index >= 15 is 0 Å². The van der Waals surface area contributed by atoms with Crippen molar-refractivity contribution in [2.45, 2.75) is 58.6 Å². The highest BCUT2D eigenvalue weighted by molar-refractivity contribution is 14.0. The van der Waals surface area contributed by atoms with Gasteiger partial charge in [0, 0.05) is 43.2 Å². The van der Waals surface area contributed by atoms with Crippen LogP contribution in [0.2, 0.25) is 0 Å². The second-order valence-corrected chi connectivity index (χ2v) is 8.13. The number of aromatic nitrogens is 2. The quantitative estimate of drug-likeness (QED) is 0.332. The maximum absolute atomic E-state index is 6.11.